The lowest BCUT2D eigenvalue weighted by atomic mass is 10.1. The molecule has 0 spiro atoms. The summed E-state index contributed by atoms with van der Waals surface area (Å²) in [4.78, 5) is 11.5. The summed E-state index contributed by atoms with van der Waals surface area (Å²) in [6.45, 7) is 5.49. The van der Waals surface area contributed by atoms with Gasteiger partial charge in [-0.25, -0.2) is 0 Å². The van der Waals surface area contributed by atoms with Gasteiger partial charge in [-0.15, -0.1) is 0 Å². The summed E-state index contributed by atoms with van der Waals surface area (Å²) >= 11 is 0. The van der Waals surface area contributed by atoms with Gasteiger partial charge in [0.15, 0.2) is 5.60 Å². The molecule has 0 heterocycles. The number of aryl methyl sites for hydroxylation is 1. The van der Waals surface area contributed by atoms with E-state index in [1.165, 1.54) is 5.56 Å². The monoisotopic (exact) mass is 207 g/mol. The minimum Gasteiger partial charge on any atom is -0.478 e. The van der Waals surface area contributed by atoms with Gasteiger partial charge in [-0.3, -0.25) is 4.79 Å². The first-order valence-corrected chi connectivity index (χ1v) is 4.93. The molecule has 1 aromatic rings. The van der Waals surface area contributed by atoms with Crippen LogP contribution in [0.5, 0.6) is 5.75 Å². The SMILES string of the molecule is CNC(=O)C(C)(C)Oc1ccc(C)cc1. The normalized spacial score (nSPS) is 10.9. The summed E-state index contributed by atoms with van der Waals surface area (Å²) in [6, 6.07) is 7.63. The Labute approximate surface area is 90.4 Å². The number of benzene rings is 1. The summed E-state index contributed by atoms with van der Waals surface area (Å²) in [5.74, 6) is 0.567. The lowest BCUT2D eigenvalue weighted by Gasteiger charge is -2.24. The van der Waals surface area contributed by atoms with Crippen LogP contribution in [0.4, 0.5) is 0 Å². The average molecular weight is 207 g/mol. The van der Waals surface area contributed by atoms with Crippen molar-refractivity contribution in [1.29, 1.82) is 0 Å². The first-order chi connectivity index (χ1) is 6.95. The fourth-order valence-electron chi connectivity index (χ4n) is 1.25. The van der Waals surface area contributed by atoms with E-state index in [2.05, 4.69) is 5.32 Å². The molecule has 0 atom stereocenters. The molecule has 15 heavy (non-hydrogen) atoms. The van der Waals surface area contributed by atoms with Crippen LogP contribution < -0.4 is 10.1 Å². The third-order valence-corrected chi connectivity index (χ3v) is 2.17. The molecule has 82 valence electrons. The smallest absolute Gasteiger partial charge is 0.263 e. The minimum absolute atomic E-state index is 0.136. The first-order valence-electron chi connectivity index (χ1n) is 4.93. The van der Waals surface area contributed by atoms with Gasteiger partial charge in [0.25, 0.3) is 5.91 Å². The van der Waals surface area contributed by atoms with Gasteiger partial charge in [-0.2, -0.15) is 0 Å². The van der Waals surface area contributed by atoms with E-state index in [4.69, 9.17) is 4.74 Å². The number of likely N-dealkylation sites (N-methyl/N-ethyl adjacent to an activating group) is 1. The Kier molecular flexibility index (Phi) is 3.35. The third-order valence-electron chi connectivity index (χ3n) is 2.17. The number of carbonyl (C=O) groups is 1. The molecule has 1 rings (SSSR count). The number of carbonyl (C=O) groups excluding carboxylic acids is 1. The molecule has 0 aliphatic carbocycles. The largest absolute Gasteiger partial charge is 0.478 e. The molecule has 0 saturated heterocycles. The van der Waals surface area contributed by atoms with Gasteiger partial charge in [0.2, 0.25) is 0 Å². The zero-order valence-corrected chi connectivity index (χ0v) is 9.63. The van der Waals surface area contributed by atoms with E-state index >= 15 is 0 Å². The summed E-state index contributed by atoms with van der Waals surface area (Å²) in [5, 5.41) is 2.57. The zero-order valence-electron chi connectivity index (χ0n) is 9.63. The molecule has 3 nitrogen and oxygen atoms in total. The summed E-state index contributed by atoms with van der Waals surface area (Å²) < 4.78 is 5.60. The Bertz CT molecular complexity index is 341. The summed E-state index contributed by atoms with van der Waals surface area (Å²) in [7, 11) is 1.60. The van der Waals surface area contributed by atoms with Crippen molar-refractivity contribution < 1.29 is 9.53 Å². The fourth-order valence-corrected chi connectivity index (χ4v) is 1.25. The molecule has 1 amide bonds. The van der Waals surface area contributed by atoms with Gasteiger partial charge >= 0.3 is 0 Å². The number of nitrogens with one attached hydrogen (secondary N) is 1. The Hall–Kier alpha value is -1.51. The molecule has 0 aromatic heterocycles. The van der Waals surface area contributed by atoms with Crippen LogP contribution in [0.2, 0.25) is 0 Å². The molecule has 0 unspecified atom stereocenters. The number of hydrogen-bond acceptors (Lipinski definition) is 2. The number of rotatable bonds is 3. The van der Waals surface area contributed by atoms with Crippen molar-refractivity contribution in [2.45, 2.75) is 26.4 Å². The molecule has 0 radical (unpaired) electrons. The van der Waals surface area contributed by atoms with Crippen LogP contribution in [0, 0.1) is 6.92 Å². The molecule has 0 saturated carbocycles. The Morgan fingerprint density at radius 3 is 2.27 bits per heavy atom. The van der Waals surface area contributed by atoms with E-state index in [-0.39, 0.29) is 5.91 Å². The Balaban J connectivity index is 2.77. The second-order valence-electron chi connectivity index (χ2n) is 4.00. The Morgan fingerprint density at radius 2 is 1.80 bits per heavy atom. The molecule has 0 bridgehead atoms. The van der Waals surface area contributed by atoms with Crippen molar-refractivity contribution in [3.63, 3.8) is 0 Å². The van der Waals surface area contributed by atoms with Crippen LogP contribution in [0.3, 0.4) is 0 Å². The highest BCUT2D eigenvalue weighted by molar-refractivity contribution is 5.84. The van der Waals surface area contributed by atoms with Crippen molar-refractivity contribution in [1.82, 2.24) is 5.32 Å². The maximum atomic E-state index is 11.5. The van der Waals surface area contributed by atoms with Crippen LogP contribution in [-0.4, -0.2) is 18.6 Å². The molecular weight excluding hydrogens is 190 g/mol. The average Bonchev–Trinajstić information content (AvgIpc) is 2.20. The van der Waals surface area contributed by atoms with Crippen LogP contribution in [0.15, 0.2) is 24.3 Å². The third kappa shape index (κ3) is 2.98. The van der Waals surface area contributed by atoms with Crippen LogP contribution in [0.25, 0.3) is 0 Å². The molecule has 3 heteroatoms. The van der Waals surface area contributed by atoms with E-state index in [1.54, 1.807) is 20.9 Å². The van der Waals surface area contributed by atoms with E-state index in [0.717, 1.165) is 0 Å². The van der Waals surface area contributed by atoms with Crippen molar-refractivity contribution in [2.75, 3.05) is 7.05 Å². The minimum atomic E-state index is -0.843. The van der Waals surface area contributed by atoms with Crippen LogP contribution in [0.1, 0.15) is 19.4 Å². The van der Waals surface area contributed by atoms with Gasteiger partial charge in [-0.05, 0) is 32.9 Å². The second-order valence-corrected chi connectivity index (χ2v) is 4.00. The topological polar surface area (TPSA) is 38.3 Å². The van der Waals surface area contributed by atoms with Gasteiger partial charge < -0.3 is 10.1 Å². The van der Waals surface area contributed by atoms with Crippen molar-refractivity contribution in [3.05, 3.63) is 29.8 Å². The van der Waals surface area contributed by atoms with Gasteiger partial charge in [0.05, 0.1) is 0 Å². The van der Waals surface area contributed by atoms with E-state index < -0.39 is 5.60 Å². The number of hydrogen-bond donors (Lipinski definition) is 1. The number of ether oxygens (including phenoxy) is 1. The lowest BCUT2D eigenvalue weighted by molar-refractivity contribution is -0.133. The van der Waals surface area contributed by atoms with Gasteiger partial charge in [-0.1, -0.05) is 17.7 Å². The maximum Gasteiger partial charge on any atom is 0.263 e. The van der Waals surface area contributed by atoms with E-state index in [1.807, 2.05) is 31.2 Å². The number of amides is 1. The predicted molar refractivity (Wildman–Crippen MR) is 60.0 cm³/mol. The summed E-state index contributed by atoms with van der Waals surface area (Å²) in [6.07, 6.45) is 0. The van der Waals surface area contributed by atoms with Crippen molar-refractivity contribution in [3.8, 4) is 5.75 Å². The molecular formula is C12H17NO2. The molecule has 0 aliphatic heterocycles. The lowest BCUT2D eigenvalue weighted by Crippen LogP contribution is -2.45. The van der Waals surface area contributed by atoms with E-state index in [0.29, 0.717) is 5.75 Å². The zero-order chi connectivity index (χ0) is 11.5. The standard InChI is InChI=1S/C12H17NO2/c1-9-5-7-10(8-6-9)15-12(2,3)11(14)13-4/h5-8H,1-4H3,(H,13,14). The predicted octanol–water partition coefficient (Wildman–Crippen LogP) is 1.90. The quantitative estimate of drug-likeness (QED) is 0.822. The molecule has 0 aliphatic rings. The molecule has 1 N–H and O–H groups in total. The van der Waals surface area contributed by atoms with E-state index in [9.17, 15) is 4.79 Å². The first kappa shape index (κ1) is 11.6. The highest BCUT2D eigenvalue weighted by Gasteiger charge is 2.28. The van der Waals surface area contributed by atoms with Crippen molar-refractivity contribution >= 4 is 5.91 Å². The van der Waals surface area contributed by atoms with Gasteiger partial charge in [0.1, 0.15) is 5.75 Å². The highest BCUT2D eigenvalue weighted by Crippen LogP contribution is 2.18. The van der Waals surface area contributed by atoms with Gasteiger partial charge in [0, 0.05) is 7.05 Å². The fraction of sp³-hybridized carbons (Fsp3) is 0.417. The van der Waals surface area contributed by atoms with Crippen molar-refractivity contribution in [2.24, 2.45) is 0 Å². The maximum absolute atomic E-state index is 11.5. The molecule has 1 aromatic carbocycles. The van der Waals surface area contributed by atoms with Crippen LogP contribution in [-0.2, 0) is 4.79 Å². The summed E-state index contributed by atoms with van der Waals surface area (Å²) in [5.41, 5.74) is 0.324. The van der Waals surface area contributed by atoms with Crippen LogP contribution >= 0.6 is 0 Å². The molecule has 0 fully saturated rings. The second kappa shape index (κ2) is 4.34. The Morgan fingerprint density at radius 1 is 1.27 bits per heavy atom. The highest BCUT2D eigenvalue weighted by atomic mass is 16.5.